The van der Waals surface area contributed by atoms with E-state index in [1.165, 1.54) is 11.8 Å². The Balaban J connectivity index is 1.46. The summed E-state index contributed by atoms with van der Waals surface area (Å²) in [6.45, 7) is 1.41. The van der Waals surface area contributed by atoms with E-state index in [1.807, 2.05) is 31.2 Å². The second-order valence-corrected chi connectivity index (χ2v) is 7.98. The average molecular weight is 419 g/mol. The fourth-order valence-electron chi connectivity index (χ4n) is 2.73. The number of carbonyl (C=O) groups is 3. The van der Waals surface area contributed by atoms with Crippen LogP contribution in [-0.2, 0) is 19.1 Å². The lowest BCUT2D eigenvalue weighted by Gasteiger charge is -2.23. The quantitative estimate of drug-likeness (QED) is 0.700. The van der Waals surface area contributed by atoms with E-state index in [0.29, 0.717) is 5.02 Å². The smallest absolute Gasteiger partial charge is 0.307 e. The zero-order valence-electron chi connectivity index (χ0n) is 15.1. The van der Waals surface area contributed by atoms with Crippen LogP contribution in [0.5, 0.6) is 0 Å². The molecule has 8 heteroatoms. The van der Waals surface area contributed by atoms with Gasteiger partial charge in [-0.1, -0.05) is 35.9 Å². The summed E-state index contributed by atoms with van der Waals surface area (Å²) >= 11 is 7.26. The normalized spacial score (nSPS) is 16.5. The number of nitrogens with one attached hydrogen (secondary N) is 2. The first-order valence-electron chi connectivity index (χ1n) is 8.69. The molecule has 0 saturated heterocycles. The molecule has 3 rings (SSSR count). The minimum Gasteiger partial charge on any atom is -0.456 e. The minimum atomic E-state index is -0.599. The maximum Gasteiger partial charge on any atom is 0.307 e. The highest BCUT2D eigenvalue weighted by atomic mass is 35.5. The molecule has 1 aliphatic heterocycles. The summed E-state index contributed by atoms with van der Waals surface area (Å²) in [5.74, 6) is -1.27. The van der Waals surface area contributed by atoms with Crippen molar-refractivity contribution in [2.75, 3.05) is 11.9 Å². The number of hydrogen-bond donors (Lipinski definition) is 2. The highest BCUT2D eigenvalue weighted by Crippen LogP contribution is 2.36. The number of thioether (sulfide) groups is 1. The van der Waals surface area contributed by atoms with Crippen molar-refractivity contribution in [1.82, 2.24) is 5.32 Å². The highest BCUT2D eigenvalue weighted by Gasteiger charge is 2.29. The number of carbonyl (C=O) groups excluding carboxylic acids is 3. The Hall–Kier alpha value is -2.51. The molecule has 6 nitrogen and oxygen atoms in total. The number of amides is 2. The van der Waals surface area contributed by atoms with Crippen LogP contribution in [0.4, 0.5) is 5.69 Å². The van der Waals surface area contributed by atoms with Gasteiger partial charge < -0.3 is 15.4 Å². The number of hydrogen-bond acceptors (Lipinski definition) is 5. The first-order chi connectivity index (χ1) is 13.4. The fraction of sp³-hybridized carbons (Fsp3) is 0.250. The van der Waals surface area contributed by atoms with Gasteiger partial charge in [-0.25, -0.2) is 0 Å². The molecule has 1 aliphatic rings. The largest absolute Gasteiger partial charge is 0.456 e. The lowest BCUT2D eigenvalue weighted by molar-refractivity contribution is -0.149. The van der Waals surface area contributed by atoms with Crippen LogP contribution in [0.25, 0.3) is 0 Å². The second-order valence-electron chi connectivity index (χ2n) is 6.30. The van der Waals surface area contributed by atoms with Gasteiger partial charge in [0, 0.05) is 9.92 Å². The molecular formula is C20H19ClN2O4S. The van der Waals surface area contributed by atoms with E-state index in [1.54, 1.807) is 24.3 Å². The zero-order chi connectivity index (χ0) is 20.1. The Morgan fingerprint density at radius 3 is 2.82 bits per heavy atom. The SMILES string of the molecule is C[C@H](NC(=O)COC(=O)C[C@H]1Sc2ccccc2NC1=O)c1cccc(Cl)c1. The highest BCUT2D eigenvalue weighted by molar-refractivity contribution is 8.01. The second kappa shape index (κ2) is 9.12. The summed E-state index contributed by atoms with van der Waals surface area (Å²) < 4.78 is 5.03. The molecule has 0 unspecified atom stereocenters. The van der Waals surface area contributed by atoms with Crippen LogP contribution in [0.3, 0.4) is 0 Å². The van der Waals surface area contributed by atoms with Gasteiger partial charge in [0.05, 0.1) is 23.4 Å². The van der Waals surface area contributed by atoms with Crippen LogP contribution in [0.2, 0.25) is 5.02 Å². The third kappa shape index (κ3) is 5.27. The van der Waals surface area contributed by atoms with Crippen molar-refractivity contribution in [2.24, 2.45) is 0 Å². The van der Waals surface area contributed by atoms with E-state index < -0.39 is 23.7 Å². The van der Waals surface area contributed by atoms with Gasteiger partial charge in [0.25, 0.3) is 5.91 Å². The van der Waals surface area contributed by atoms with Crippen LogP contribution in [0.15, 0.2) is 53.4 Å². The van der Waals surface area contributed by atoms with E-state index in [4.69, 9.17) is 16.3 Å². The molecule has 28 heavy (non-hydrogen) atoms. The molecular weight excluding hydrogens is 400 g/mol. The van der Waals surface area contributed by atoms with Crippen molar-refractivity contribution < 1.29 is 19.1 Å². The van der Waals surface area contributed by atoms with Crippen molar-refractivity contribution in [3.05, 3.63) is 59.1 Å². The summed E-state index contributed by atoms with van der Waals surface area (Å²) in [6.07, 6.45) is -0.109. The molecule has 0 aromatic heterocycles. The number of rotatable bonds is 6. The molecule has 0 aliphatic carbocycles. The van der Waals surface area contributed by atoms with Crippen LogP contribution >= 0.6 is 23.4 Å². The number of ether oxygens (including phenoxy) is 1. The number of benzene rings is 2. The molecule has 0 bridgehead atoms. The van der Waals surface area contributed by atoms with E-state index in [0.717, 1.165) is 16.1 Å². The van der Waals surface area contributed by atoms with Crippen molar-refractivity contribution in [2.45, 2.75) is 29.5 Å². The Labute approximate surface area is 172 Å². The first-order valence-corrected chi connectivity index (χ1v) is 9.95. The van der Waals surface area contributed by atoms with Gasteiger partial charge in [0.1, 0.15) is 0 Å². The standard InChI is InChI=1S/C20H19ClN2O4S/c1-12(13-5-4-6-14(21)9-13)22-18(24)11-27-19(25)10-17-20(26)23-15-7-2-3-8-16(15)28-17/h2-9,12,17H,10-11H2,1H3,(H,22,24)(H,23,26)/t12-,17+/m0/s1. The summed E-state index contributed by atoms with van der Waals surface area (Å²) in [5, 5.41) is 5.51. The predicted octanol–water partition coefficient (Wildman–Crippen LogP) is 3.56. The third-order valence-corrected chi connectivity index (χ3v) is 5.66. The monoisotopic (exact) mass is 418 g/mol. The number of anilines is 1. The van der Waals surface area contributed by atoms with Crippen molar-refractivity contribution in [3.8, 4) is 0 Å². The number of halogens is 1. The molecule has 2 aromatic rings. The number of fused-ring (bicyclic) bond motifs is 1. The lowest BCUT2D eigenvalue weighted by Crippen LogP contribution is -2.34. The third-order valence-electron chi connectivity index (χ3n) is 4.15. The molecule has 0 spiro atoms. The summed E-state index contributed by atoms with van der Waals surface area (Å²) in [4.78, 5) is 37.1. The van der Waals surface area contributed by atoms with E-state index >= 15 is 0 Å². The number of esters is 1. The molecule has 0 saturated carbocycles. The van der Waals surface area contributed by atoms with Gasteiger partial charge >= 0.3 is 5.97 Å². The molecule has 146 valence electrons. The van der Waals surface area contributed by atoms with Crippen LogP contribution in [-0.4, -0.2) is 29.6 Å². The maximum absolute atomic E-state index is 12.1. The Morgan fingerprint density at radius 1 is 1.25 bits per heavy atom. The predicted molar refractivity (Wildman–Crippen MR) is 108 cm³/mol. The van der Waals surface area contributed by atoms with E-state index in [9.17, 15) is 14.4 Å². The molecule has 0 radical (unpaired) electrons. The molecule has 2 amide bonds. The Morgan fingerprint density at radius 2 is 2.04 bits per heavy atom. The van der Waals surface area contributed by atoms with Crippen molar-refractivity contribution in [1.29, 1.82) is 0 Å². The lowest BCUT2D eigenvalue weighted by atomic mass is 10.1. The average Bonchev–Trinajstić information content (AvgIpc) is 2.67. The molecule has 0 fully saturated rings. The summed E-state index contributed by atoms with van der Waals surface area (Å²) in [7, 11) is 0. The van der Waals surface area contributed by atoms with Crippen LogP contribution in [0, 0.1) is 0 Å². The van der Waals surface area contributed by atoms with Gasteiger partial charge in [-0.2, -0.15) is 0 Å². The van der Waals surface area contributed by atoms with Crippen LogP contribution in [0.1, 0.15) is 24.9 Å². The van der Waals surface area contributed by atoms with E-state index in [-0.39, 0.29) is 18.4 Å². The zero-order valence-corrected chi connectivity index (χ0v) is 16.7. The van der Waals surface area contributed by atoms with Crippen molar-refractivity contribution >= 4 is 46.8 Å². The van der Waals surface area contributed by atoms with E-state index in [2.05, 4.69) is 10.6 Å². The molecule has 2 N–H and O–H groups in total. The van der Waals surface area contributed by atoms with Gasteiger partial charge in [0.2, 0.25) is 5.91 Å². The van der Waals surface area contributed by atoms with Gasteiger partial charge in [-0.05, 0) is 36.8 Å². The molecule has 2 aromatic carbocycles. The maximum atomic E-state index is 12.1. The Bertz CT molecular complexity index is 905. The molecule has 2 atom stereocenters. The van der Waals surface area contributed by atoms with Gasteiger partial charge in [0.15, 0.2) is 6.61 Å². The molecule has 1 heterocycles. The van der Waals surface area contributed by atoms with Crippen LogP contribution < -0.4 is 10.6 Å². The Kier molecular flexibility index (Phi) is 6.59. The van der Waals surface area contributed by atoms with Gasteiger partial charge in [-0.3, -0.25) is 14.4 Å². The minimum absolute atomic E-state index is 0.109. The first kappa shape index (κ1) is 20.2. The number of para-hydroxylation sites is 1. The summed E-state index contributed by atoms with van der Waals surface area (Å²) in [6, 6.07) is 14.3. The van der Waals surface area contributed by atoms with Gasteiger partial charge in [-0.15, -0.1) is 11.8 Å². The van der Waals surface area contributed by atoms with Crippen molar-refractivity contribution in [3.63, 3.8) is 0 Å². The fourth-order valence-corrected chi connectivity index (χ4v) is 4.02. The summed E-state index contributed by atoms with van der Waals surface area (Å²) in [5.41, 5.74) is 1.58. The topological polar surface area (TPSA) is 84.5 Å².